The number of nitrogens with zero attached hydrogens (tertiary/aromatic N) is 2. The van der Waals surface area contributed by atoms with Crippen LogP contribution in [0.3, 0.4) is 0 Å². The molecule has 0 unspecified atom stereocenters. The van der Waals surface area contributed by atoms with Crippen molar-refractivity contribution in [3.8, 4) is 11.4 Å². The van der Waals surface area contributed by atoms with Crippen molar-refractivity contribution in [1.29, 1.82) is 0 Å². The van der Waals surface area contributed by atoms with Crippen LogP contribution in [0.2, 0.25) is 5.02 Å². The summed E-state index contributed by atoms with van der Waals surface area (Å²) < 4.78 is 6.51. The van der Waals surface area contributed by atoms with Crippen LogP contribution in [0.15, 0.2) is 51.9 Å². The molecule has 2 aromatic heterocycles. The summed E-state index contributed by atoms with van der Waals surface area (Å²) in [5, 5.41) is 12.5. The van der Waals surface area contributed by atoms with E-state index in [2.05, 4.69) is 10.3 Å². The van der Waals surface area contributed by atoms with Crippen molar-refractivity contribution in [1.82, 2.24) is 14.9 Å². The van der Waals surface area contributed by atoms with E-state index in [9.17, 15) is 14.7 Å². The van der Waals surface area contributed by atoms with Gasteiger partial charge in [0.05, 0.1) is 12.8 Å². The molecule has 0 fully saturated rings. The van der Waals surface area contributed by atoms with E-state index in [1.807, 2.05) is 0 Å². The Morgan fingerprint density at radius 1 is 1.29 bits per heavy atom. The molecule has 7 nitrogen and oxygen atoms in total. The third-order valence-electron chi connectivity index (χ3n) is 4.28. The Labute approximate surface area is 166 Å². The molecule has 146 valence electrons. The van der Waals surface area contributed by atoms with Crippen LogP contribution in [0.1, 0.15) is 17.0 Å². The van der Waals surface area contributed by atoms with E-state index in [0.29, 0.717) is 33.4 Å². The number of rotatable bonds is 7. The Kier molecular flexibility index (Phi) is 6.28. The van der Waals surface area contributed by atoms with Crippen LogP contribution in [0.4, 0.5) is 0 Å². The highest BCUT2D eigenvalue weighted by atomic mass is 35.5. The van der Waals surface area contributed by atoms with Crippen LogP contribution >= 0.6 is 11.6 Å². The lowest BCUT2D eigenvalue weighted by Crippen LogP contribution is -2.35. The summed E-state index contributed by atoms with van der Waals surface area (Å²) in [7, 11) is 0. The van der Waals surface area contributed by atoms with E-state index in [4.69, 9.17) is 16.0 Å². The minimum absolute atomic E-state index is 0.173. The molecule has 0 aliphatic heterocycles. The Balaban J connectivity index is 1.96. The van der Waals surface area contributed by atoms with Gasteiger partial charge < -0.3 is 14.8 Å². The van der Waals surface area contributed by atoms with Crippen LogP contribution in [0.25, 0.3) is 11.4 Å². The number of hydrogen-bond donors (Lipinski definition) is 2. The maximum Gasteiger partial charge on any atom is 0.257 e. The minimum Gasteiger partial charge on any atom is -0.467 e. The number of hydrogen-bond acceptors (Lipinski definition) is 5. The maximum absolute atomic E-state index is 13.0. The van der Waals surface area contributed by atoms with Crippen molar-refractivity contribution in [2.24, 2.45) is 0 Å². The van der Waals surface area contributed by atoms with Gasteiger partial charge in [-0.05, 0) is 43.3 Å². The van der Waals surface area contributed by atoms with Crippen LogP contribution in [0.5, 0.6) is 0 Å². The molecule has 8 heteroatoms. The molecule has 28 heavy (non-hydrogen) atoms. The van der Waals surface area contributed by atoms with Gasteiger partial charge in [-0.3, -0.25) is 14.2 Å². The average molecular weight is 402 g/mol. The second-order valence-electron chi connectivity index (χ2n) is 6.23. The summed E-state index contributed by atoms with van der Waals surface area (Å²) in [5.74, 6) is 0.630. The first-order valence-electron chi connectivity index (χ1n) is 8.75. The Morgan fingerprint density at radius 2 is 2.04 bits per heavy atom. The zero-order valence-corrected chi connectivity index (χ0v) is 16.1. The molecule has 0 bridgehead atoms. The number of furan rings is 1. The molecule has 2 N–H and O–H groups in total. The number of aromatic nitrogens is 2. The summed E-state index contributed by atoms with van der Waals surface area (Å²) in [6.07, 6.45) is 1.70. The molecule has 3 aromatic rings. The maximum atomic E-state index is 13.0. The lowest BCUT2D eigenvalue weighted by Gasteiger charge is -2.15. The third kappa shape index (κ3) is 4.49. The topological polar surface area (TPSA) is 97.4 Å². The lowest BCUT2D eigenvalue weighted by molar-refractivity contribution is -0.121. The van der Waals surface area contributed by atoms with Crippen molar-refractivity contribution >= 4 is 17.5 Å². The van der Waals surface area contributed by atoms with E-state index >= 15 is 0 Å². The van der Waals surface area contributed by atoms with Gasteiger partial charge in [0.1, 0.15) is 18.1 Å². The van der Waals surface area contributed by atoms with Gasteiger partial charge in [0.2, 0.25) is 5.91 Å². The predicted molar refractivity (Wildman–Crippen MR) is 105 cm³/mol. The number of aryl methyl sites for hydroxylation is 1. The molecule has 0 spiro atoms. The average Bonchev–Trinajstić information content (AvgIpc) is 3.20. The Morgan fingerprint density at radius 3 is 2.68 bits per heavy atom. The fraction of sp³-hybridized carbons (Fsp3) is 0.250. The van der Waals surface area contributed by atoms with Crippen LogP contribution in [0, 0.1) is 6.92 Å². The zero-order valence-electron chi connectivity index (χ0n) is 15.3. The molecule has 0 saturated heterocycles. The molecule has 0 atom stereocenters. The van der Waals surface area contributed by atoms with E-state index in [1.54, 1.807) is 43.3 Å². The first kappa shape index (κ1) is 19.9. The molecule has 3 rings (SSSR count). The van der Waals surface area contributed by atoms with E-state index in [-0.39, 0.29) is 37.6 Å². The van der Waals surface area contributed by atoms with E-state index < -0.39 is 0 Å². The van der Waals surface area contributed by atoms with E-state index in [1.165, 1.54) is 10.8 Å². The number of benzene rings is 1. The predicted octanol–water partition coefficient (Wildman–Crippen LogP) is 2.32. The highest BCUT2D eigenvalue weighted by Gasteiger charge is 2.17. The second kappa shape index (κ2) is 8.86. The fourth-order valence-electron chi connectivity index (χ4n) is 2.86. The quantitative estimate of drug-likeness (QED) is 0.633. The molecule has 0 aliphatic rings. The number of carbonyl (C=O) groups excluding carboxylic acids is 1. The smallest absolute Gasteiger partial charge is 0.257 e. The lowest BCUT2D eigenvalue weighted by atomic mass is 10.1. The standard InChI is InChI=1S/C20H20ClN3O4/c1-13-17(8-9-25)20(27)24(12-18(26)22-11-16-3-2-10-28-16)19(23-13)14-4-6-15(21)7-5-14/h2-7,10,25H,8-9,11-12H2,1H3,(H,22,26). The second-order valence-corrected chi connectivity index (χ2v) is 6.66. The zero-order chi connectivity index (χ0) is 20.1. The summed E-state index contributed by atoms with van der Waals surface area (Å²) in [6.45, 7) is 1.55. The highest BCUT2D eigenvalue weighted by Crippen LogP contribution is 2.20. The van der Waals surface area contributed by atoms with Gasteiger partial charge in [-0.15, -0.1) is 0 Å². The largest absolute Gasteiger partial charge is 0.467 e. The van der Waals surface area contributed by atoms with Gasteiger partial charge in [0, 0.05) is 34.9 Å². The Hall–Kier alpha value is -2.90. The van der Waals surface area contributed by atoms with Gasteiger partial charge in [0.15, 0.2) is 0 Å². The summed E-state index contributed by atoms with van der Waals surface area (Å²) in [4.78, 5) is 30.0. The molecular weight excluding hydrogens is 382 g/mol. The summed E-state index contributed by atoms with van der Waals surface area (Å²) >= 11 is 5.95. The van der Waals surface area contributed by atoms with Crippen molar-refractivity contribution in [3.05, 3.63) is 75.1 Å². The molecular formula is C20H20ClN3O4. The fourth-order valence-corrected chi connectivity index (χ4v) is 2.99. The highest BCUT2D eigenvalue weighted by molar-refractivity contribution is 6.30. The summed E-state index contributed by atoms with van der Waals surface area (Å²) in [5.41, 5.74) is 1.23. The monoisotopic (exact) mass is 401 g/mol. The van der Waals surface area contributed by atoms with Crippen LogP contribution < -0.4 is 10.9 Å². The van der Waals surface area contributed by atoms with Gasteiger partial charge in [-0.2, -0.15) is 0 Å². The molecule has 0 aliphatic carbocycles. The molecule has 1 amide bonds. The van der Waals surface area contributed by atoms with Crippen LogP contribution in [-0.4, -0.2) is 27.2 Å². The molecule has 0 saturated carbocycles. The Bertz CT molecular complexity index is 1010. The third-order valence-corrected chi connectivity index (χ3v) is 4.53. The number of nitrogens with one attached hydrogen (secondary N) is 1. The minimum atomic E-state index is -0.352. The van der Waals surface area contributed by atoms with Gasteiger partial charge in [-0.25, -0.2) is 4.98 Å². The van der Waals surface area contributed by atoms with Crippen molar-refractivity contribution in [2.45, 2.75) is 26.4 Å². The molecule has 2 heterocycles. The number of aliphatic hydroxyl groups excluding tert-OH is 1. The van der Waals surface area contributed by atoms with Crippen LogP contribution in [-0.2, 0) is 24.3 Å². The SMILES string of the molecule is Cc1nc(-c2ccc(Cl)cc2)n(CC(=O)NCc2ccco2)c(=O)c1CCO. The first-order chi connectivity index (χ1) is 13.5. The number of aliphatic hydroxyl groups is 1. The van der Waals surface area contributed by atoms with E-state index in [0.717, 1.165) is 0 Å². The number of halogens is 1. The normalized spacial score (nSPS) is 10.8. The molecule has 1 aromatic carbocycles. The summed E-state index contributed by atoms with van der Waals surface area (Å²) in [6, 6.07) is 10.4. The molecule has 0 radical (unpaired) electrons. The van der Waals surface area contributed by atoms with Crippen molar-refractivity contribution < 1.29 is 14.3 Å². The van der Waals surface area contributed by atoms with Crippen molar-refractivity contribution in [3.63, 3.8) is 0 Å². The van der Waals surface area contributed by atoms with Gasteiger partial charge in [-0.1, -0.05) is 11.6 Å². The van der Waals surface area contributed by atoms with Gasteiger partial charge in [0.25, 0.3) is 5.56 Å². The number of carbonyl (C=O) groups is 1. The number of amides is 1. The van der Waals surface area contributed by atoms with Crippen molar-refractivity contribution in [2.75, 3.05) is 6.61 Å². The van der Waals surface area contributed by atoms with Gasteiger partial charge >= 0.3 is 0 Å². The first-order valence-corrected chi connectivity index (χ1v) is 9.13.